The molecule has 0 fully saturated rings. The summed E-state index contributed by atoms with van der Waals surface area (Å²) in [4.78, 5) is 24.2. The predicted octanol–water partition coefficient (Wildman–Crippen LogP) is 25.6. The van der Waals surface area contributed by atoms with Crippen molar-refractivity contribution in [1.82, 2.24) is 52.3 Å². The predicted molar refractivity (Wildman–Crippen MR) is 471 cm³/mol. The van der Waals surface area contributed by atoms with Gasteiger partial charge in [-0.1, -0.05) is 255 Å². The normalized spacial score (nSPS) is 11.7. The van der Waals surface area contributed by atoms with Crippen molar-refractivity contribution in [3.05, 3.63) is 407 Å². The zero-order chi connectivity index (χ0) is 75.2. The Bertz CT molecular complexity index is 6290. The number of hydrogen-bond acceptors (Lipinski definition) is 5. The van der Waals surface area contributed by atoms with Gasteiger partial charge >= 0.3 is 0 Å². The van der Waals surface area contributed by atoms with Crippen molar-refractivity contribution < 1.29 is 0 Å². The van der Waals surface area contributed by atoms with Gasteiger partial charge in [0.15, 0.2) is 5.82 Å². The molecule has 0 saturated carbocycles. The second kappa shape index (κ2) is 27.2. The van der Waals surface area contributed by atoms with E-state index in [1.54, 1.807) is 0 Å². The molecule has 0 amide bonds. The Balaban J connectivity index is 0.000000104. The van der Waals surface area contributed by atoms with E-state index < -0.39 is 0 Å². The quantitative estimate of drug-likeness (QED) is 0.144. The van der Waals surface area contributed by atoms with Gasteiger partial charge in [0.2, 0.25) is 5.95 Å². The van der Waals surface area contributed by atoms with Crippen LogP contribution in [-0.4, -0.2) is 52.3 Å². The minimum absolute atomic E-state index is 0.674. The van der Waals surface area contributed by atoms with Crippen LogP contribution in [0.3, 0.4) is 0 Å². The maximum absolute atomic E-state index is 4.91. The summed E-state index contributed by atoms with van der Waals surface area (Å²) in [6.07, 6.45) is 9.56. The summed E-state index contributed by atoms with van der Waals surface area (Å²) in [6, 6.07) is 133. The Morgan fingerprint density at radius 1 is 0.140 bits per heavy atom. The molecule has 0 aliphatic rings. The summed E-state index contributed by atoms with van der Waals surface area (Å²) in [5, 5.41) is 14.9. The maximum atomic E-state index is 4.91. The summed E-state index contributed by atoms with van der Waals surface area (Å²) in [6.45, 7) is 0. The van der Waals surface area contributed by atoms with Crippen molar-refractivity contribution in [3.8, 4) is 68.2 Å². The van der Waals surface area contributed by atoms with E-state index in [0.29, 0.717) is 5.95 Å². The lowest BCUT2D eigenvalue weighted by Gasteiger charge is -2.10. The molecule has 0 radical (unpaired) electrons. The molecular weight excluding hydrogens is 1390 g/mol. The SMILES string of the molecule is c1ccc2c(c1)c1ccccc1n2-c1ccc(-c2ccc(-n3c4ccccc4c4ccccc43)nc2)cc1.c1ccc2c(c1)c1ccccc1n2-c1ccc(-c2cnc(-n3c4ccccc4c4ccccc43)cn2)cc1.c1ccc2c(c1)c1ccccc1n2-c1ccc(-c2cnc(-n3c4ccccc4c4ccccc43)nc2)cc1. The third-order valence-corrected chi connectivity index (χ3v) is 22.5. The van der Waals surface area contributed by atoms with Crippen LogP contribution in [0.15, 0.2) is 407 Å². The molecule has 114 heavy (non-hydrogen) atoms. The van der Waals surface area contributed by atoms with Crippen LogP contribution in [0.1, 0.15) is 0 Å². The second-order valence-electron chi connectivity index (χ2n) is 28.8. The third-order valence-electron chi connectivity index (χ3n) is 22.5. The number of para-hydroxylation sites is 12. The van der Waals surface area contributed by atoms with E-state index in [0.717, 1.165) is 84.3 Å². The number of rotatable bonds is 9. The van der Waals surface area contributed by atoms with Crippen LogP contribution in [0.2, 0.25) is 0 Å². The molecule has 9 heterocycles. The van der Waals surface area contributed by atoms with E-state index >= 15 is 0 Å². The first-order valence-electron chi connectivity index (χ1n) is 38.4. The number of fused-ring (bicyclic) bond motifs is 18. The van der Waals surface area contributed by atoms with E-state index in [1.807, 2.05) is 31.0 Å². The largest absolute Gasteiger partial charge is 0.309 e. The fourth-order valence-corrected chi connectivity index (χ4v) is 17.3. The van der Waals surface area contributed by atoms with Crippen LogP contribution in [0.25, 0.3) is 199 Å². The van der Waals surface area contributed by atoms with E-state index in [1.165, 1.54) is 109 Å². The van der Waals surface area contributed by atoms with Gasteiger partial charge in [0.25, 0.3) is 0 Å². The fourth-order valence-electron chi connectivity index (χ4n) is 17.3. The van der Waals surface area contributed by atoms with Gasteiger partial charge < -0.3 is 13.7 Å². The Kier molecular flexibility index (Phi) is 15.6. The summed E-state index contributed by atoms with van der Waals surface area (Å²) in [5.41, 5.74) is 23.7. The van der Waals surface area contributed by atoms with Crippen molar-refractivity contribution in [1.29, 1.82) is 0 Å². The van der Waals surface area contributed by atoms with Crippen LogP contribution in [0.4, 0.5) is 0 Å². The van der Waals surface area contributed by atoms with Crippen molar-refractivity contribution in [2.24, 2.45) is 0 Å². The molecule has 0 aliphatic heterocycles. The van der Waals surface area contributed by atoms with Crippen LogP contribution in [0.5, 0.6) is 0 Å². The van der Waals surface area contributed by atoms with E-state index in [-0.39, 0.29) is 0 Å². The molecule has 11 nitrogen and oxygen atoms in total. The lowest BCUT2D eigenvalue weighted by atomic mass is 10.1. The molecule has 9 aromatic heterocycles. The number of benzene rings is 15. The van der Waals surface area contributed by atoms with E-state index in [2.05, 4.69) is 404 Å². The van der Waals surface area contributed by atoms with Crippen LogP contribution in [0, 0.1) is 0 Å². The average Bonchev–Trinajstić information content (AvgIpc) is 1.62. The van der Waals surface area contributed by atoms with Crippen LogP contribution in [-0.2, 0) is 0 Å². The average molecular weight is 1460 g/mol. The molecule has 0 atom stereocenters. The van der Waals surface area contributed by atoms with Crippen molar-refractivity contribution in [2.75, 3.05) is 0 Å². The molecule has 0 saturated heterocycles. The molecule has 0 bridgehead atoms. The van der Waals surface area contributed by atoms with Gasteiger partial charge in [-0.05, 0) is 132 Å². The first kappa shape index (κ1) is 65.5. The number of pyridine rings is 1. The molecule has 0 aliphatic carbocycles. The zero-order valence-electron chi connectivity index (χ0n) is 61.6. The van der Waals surface area contributed by atoms with Crippen molar-refractivity contribution in [2.45, 2.75) is 0 Å². The third kappa shape index (κ3) is 10.8. The monoisotopic (exact) mass is 1460 g/mol. The van der Waals surface area contributed by atoms with Crippen LogP contribution >= 0.6 is 0 Å². The van der Waals surface area contributed by atoms with Gasteiger partial charge in [-0.25, -0.2) is 19.9 Å². The summed E-state index contributed by atoms with van der Waals surface area (Å²) >= 11 is 0. The Morgan fingerprint density at radius 3 is 0.640 bits per heavy atom. The molecule has 0 spiro atoms. The molecule has 11 heteroatoms. The van der Waals surface area contributed by atoms with Crippen molar-refractivity contribution >= 4 is 131 Å². The smallest absolute Gasteiger partial charge is 0.234 e. The molecular formula is C103H67N11. The van der Waals surface area contributed by atoms with Crippen molar-refractivity contribution in [3.63, 3.8) is 0 Å². The summed E-state index contributed by atoms with van der Waals surface area (Å²) in [7, 11) is 0. The highest BCUT2D eigenvalue weighted by Crippen LogP contribution is 2.40. The highest BCUT2D eigenvalue weighted by Gasteiger charge is 2.20. The van der Waals surface area contributed by atoms with Gasteiger partial charge in [0.1, 0.15) is 5.82 Å². The number of aromatic nitrogens is 11. The number of nitrogens with zero attached hydrogens (tertiary/aromatic N) is 11. The standard InChI is InChI=1S/C35H23N3.2C34H22N4/c1-5-13-31-27(9-1)28-10-2-6-14-32(28)37(31)26-20-17-24(18-21-26)25-19-22-35(36-23-25)38-33-15-7-3-11-29(33)30-12-4-8-16-34(30)38;1-5-13-30-26(9-1)27-10-2-6-14-31(27)37(30)25-19-17-23(18-20-25)24-21-35-34(36-22-24)38-32-15-7-3-11-28(32)29-12-4-8-16-33(29)38;1-5-13-30-25(9-1)26-10-2-6-14-31(26)37(30)24-19-17-23(18-20-24)29-21-36-34(22-35-29)38-32-15-7-3-11-27(32)28-12-4-8-16-33(28)38/h1-23H;2*1-22H. The minimum Gasteiger partial charge on any atom is -0.309 e. The molecule has 534 valence electrons. The highest BCUT2D eigenvalue weighted by molar-refractivity contribution is 6.14. The first-order chi connectivity index (χ1) is 56.6. The molecule has 0 unspecified atom stereocenters. The van der Waals surface area contributed by atoms with Gasteiger partial charge in [-0.2, -0.15) is 0 Å². The Hall–Kier alpha value is -15.6. The van der Waals surface area contributed by atoms with Crippen LogP contribution < -0.4 is 0 Å². The lowest BCUT2D eigenvalue weighted by molar-refractivity contribution is 0.990. The van der Waals surface area contributed by atoms with E-state index in [9.17, 15) is 0 Å². The minimum atomic E-state index is 0.674. The Morgan fingerprint density at radius 2 is 0.368 bits per heavy atom. The summed E-state index contributed by atoms with van der Waals surface area (Å²) < 4.78 is 13.6. The highest BCUT2D eigenvalue weighted by atomic mass is 15.2. The zero-order valence-corrected chi connectivity index (χ0v) is 61.6. The second-order valence-corrected chi connectivity index (χ2v) is 28.8. The van der Waals surface area contributed by atoms with Gasteiger partial charge in [-0.3, -0.25) is 18.7 Å². The molecule has 0 N–H and O–H groups in total. The summed E-state index contributed by atoms with van der Waals surface area (Å²) in [5.74, 6) is 2.41. The molecule has 15 aromatic carbocycles. The molecule has 24 rings (SSSR count). The lowest BCUT2D eigenvalue weighted by Crippen LogP contribution is -2.00. The van der Waals surface area contributed by atoms with Gasteiger partial charge in [0, 0.05) is 117 Å². The topological polar surface area (TPSA) is 94.0 Å². The Labute approximate surface area is 654 Å². The maximum Gasteiger partial charge on any atom is 0.234 e. The number of hydrogen-bond donors (Lipinski definition) is 0. The van der Waals surface area contributed by atoms with E-state index in [4.69, 9.17) is 24.9 Å². The first-order valence-corrected chi connectivity index (χ1v) is 38.4. The fraction of sp³-hybridized carbons (Fsp3) is 0. The van der Waals surface area contributed by atoms with Gasteiger partial charge in [-0.15, -0.1) is 0 Å². The van der Waals surface area contributed by atoms with Gasteiger partial charge in [0.05, 0.1) is 84.3 Å². The molecule has 24 aromatic rings.